The van der Waals surface area contributed by atoms with Crippen LogP contribution < -0.4 is 10.9 Å². The van der Waals surface area contributed by atoms with Crippen LogP contribution in [-0.2, 0) is 10.8 Å². The smallest absolute Gasteiger partial charge is 0.272 e. The number of hydrogen-bond donors (Lipinski definition) is 2. The normalized spacial score (nSPS) is 12.1. The van der Waals surface area contributed by atoms with Gasteiger partial charge in [-0.2, -0.15) is 0 Å². The van der Waals surface area contributed by atoms with Crippen LogP contribution >= 0.6 is 0 Å². The average molecular weight is 340 g/mol. The molecule has 1 amide bonds. The van der Waals surface area contributed by atoms with E-state index >= 15 is 0 Å². The number of aromatic hydroxyl groups is 1. The molecule has 2 aromatic carbocycles. The molecule has 0 aromatic heterocycles. The number of carbonyl (C=O) groups is 1. The maximum atomic E-state index is 12.7. The first kappa shape index (κ1) is 19.0. The molecular formula is C21H28N2O2. The van der Waals surface area contributed by atoms with Crippen LogP contribution in [-0.4, -0.2) is 11.0 Å². The van der Waals surface area contributed by atoms with E-state index in [2.05, 4.69) is 0 Å². The molecule has 2 aromatic rings. The van der Waals surface area contributed by atoms with Crippen LogP contribution in [0.5, 0.6) is 5.75 Å². The number of nitrogens with two attached hydrogens (primary N) is 1. The molecule has 0 saturated heterocycles. The summed E-state index contributed by atoms with van der Waals surface area (Å²) < 4.78 is 0. The molecule has 4 heteroatoms. The number of phenols is 1. The van der Waals surface area contributed by atoms with Crippen LogP contribution in [0.1, 0.15) is 63.0 Å². The molecule has 0 radical (unpaired) electrons. The lowest BCUT2D eigenvalue weighted by atomic mass is 9.79. The van der Waals surface area contributed by atoms with Crippen molar-refractivity contribution in [2.75, 3.05) is 5.01 Å². The van der Waals surface area contributed by atoms with Crippen LogP contribution in [0.2, 0.25) is 0 Å². The minimum Gasteiger partial charge on any atom is -0.507 e. The summed E-state index contributed by atoms with van der Waals surface area (Å²) in [5, 5.41) is 11.9. The first-order valence-electron chi connectivity index (χ1n) is 8.45. The Labute approximate surface area is 150 Å². The summed E-state index contributed by atoms with van der Waals surface area (Å²) in [5.74, 6) is 6.13. The van der Waals surface area contributed by atoms with E-state index in [0.717, 1.165) is 16.1 Å². The van der Waals surface area contributed by atoms with E-state index in [-0.39, 0.29) is 22.5 Å². The molecule has 0 atom stereocenters. The summed E-state index contributed by atoms with van der Waals surface area (Å²) in [6.45, 7) is 12.2. The van der Waals surface area contributed by atoms with Crippen molar-refractivity contribution in [1.82, 2.24) is 0 Å². The molecule has 0 fully saturated rings. The standard InChI is InChI=1S/C21H28N2O2/c1-20(2,3)16-12-15(13-17(18(16)24)21(4,5)6)23(22)19(25)14-10-8-7-9-11-14/h7-13,24H,22H2,1-6H3. The predicted molar refractivity (Wildman–Crippen MR) is 103 cm³/mol. The van der Waals surface area contributed by atoms with E-state index in [9.17, 15) is 9.90 Å². The van der Waals surface area contributed by atoms with Gasteiger partial charge < -0.3 is 5.11 Å². The second-order valence-corrected chi connectivity index (χ2v) is 8.43. The van der Waals surface area contributed by atoms with E-state index in [0.29, 0.717) is 11.3 Å². The summed E-state index contributed by atoms with van der Waals surface area (Å²) in [4.78, 5) is 12.7. The van der Waals surface area contributed by atoms with Gasteiger partial charge in [0.15, 0.2) is 0 Å². The summed E-state index contributed by atoms with van der Waals surface area (Å²) in [7, 11) is 0. The highest BCUT2D eigenvalue weighted by molar-refractivity contribution is 6.05. The Morgan fingerprint density at radius 2 is 1.36 bits per heavy atom. The minimum absolute atomic E-state index is 0.268. The highest BCUT2D eigenvalue weighted by Crippen LogP contribution is 2.41. The second kappa shape index (κ2) is 6.52. The number of benzene rings is 2. The third-order valence-electron chi connectivity index (χ3n) is 4.23. The molecule has 0 aliphatic rings. The molecule has 134 valence electrons. The topological polar surface area (TPSA) is 66.6 Å². The minimum atomic E-state index is -0.286. The molecule has 0 spiro atoms. The molecule has 0 saturated carbocycles. The van der Waals surface area contributed by atoms with Gasteiger partial charge in [0.2, 0.25) is 0 Å². The van der Waals surface area contributed by atoms with Gasteiger partial charge in [0.1, 0.15) is 5.75 Å². The van der Waals surface area contributed by atoms with Gasteiger partial charge in [-0.1, -0.05) is 59.7 Å². The molecule has 2 rings (SSSR count). The quantitative estimate of drug-likeness (QED) is 0.480. The van der Waals surface area contributed by atoms with Crippen LogP contribution in [0.3, 0.4) is 0 Å². The Kier molecular flexibility index (Phi) is 4.96. The Morgan fingerprint density at radius 3 is 1.76 bits per heavy atom. The van der Waals surface area contributed by atoms with Gasteiger partial charge in [-0.05, 0) is 35.1 Å². The van der Waals surface area contributed by atoms with Crippen molar-refractivity contribution in [3.63, 3.8) is 0 Å². The largest absolute Gasteiger partial charge is 0.507 e. The zero-order valence-corrected chi connectivity index (χ0v) is 15.9. The maximum absolute atomic E-state index is 12.7. The number of rotatable bonds is 2. The number of amides is 1. The number of hydrogen-bond acceptors (Lipinski definition) is 3. The fourth-order valence-electron chi connectivity index (χ4n) is 2.74. The number of carbonyl (C=O) groups excluding carboxylic acids is 1. The summed E-state index contributed by atoms with van der Waals surface area (Å²) in [5.41, 5.74) is 2.07. The van der Waals surface area contributed by atoms with Crippen molar-refractivity contribution in [3.8, 4) is 5.75 Å². The summed E-state index contributed by atoms with van der Waals surface area (Å²) >= 11 is 0. The van der Waals surface area contributed by atoms with E-state index < -0.39 is 0 Å². The van der Waals surface area contributed by atoms with Crippen LogP contribution in [0.4, 0.5) is 5.69 Å². The second-order valence-electron chi connectivity index (χ2n) is 8.43. The van der Waals surface area contributed by atoms with Crippen LogP contribution in [0.25, 0.3) is 0 Å². The number of nitrogens with zero attached hydrogens (tertiary/aromatic N) is 1. The molecular weight excluding hydrogens is 312 g/mol. The molecule has 0 bridgehead atoms. The van der Waals surface area contributed by atoms with Crippen molar-refractivity contribution >= 4 is 11.6 Å². The van der Waals surface area contributed by atoms with Crippen molar-refractivity contribution in [2.24, 2.45) is 5.84 Å². The molecule has 25 heavy (non-hydrogen) atoms. The lowest BCUT2D eigenvalue weighted by molar-refractivity contribution is 0.0986. The van der Waals surface area contributed by atoms with Crippen LogP contribution in [0, 0.1) is 0 Å². The van der Waals surface area contributed by atoms with Gasteiger partial charge in [0.05, 0.1) is 5.69 Å². The maximum Gasteiger partial charge on any atom is 0.272 e. The zero-order chi connectivity index (χ0) is 19.0. The first-order valence-corrected chi connectivity index (χ1v) is 8.45. The van der Waals surface area contributed by atoms with E-state index in [4.69, 9.17) is 5.84 Å². The Balaban J connectivity index is 2.59. The van der Waals surface area contributed by atoms with Gasteiger partial charge in [-0.25, -0.2) is 10.9 Å². The first-order chi connectivity index (χ1) is 11.4. The molecule has 0 aliphatic carbocycles. The SMILES string of the molecule is CC(C)(C)c1cc(N(N)C(=O)c2ccccc2)cc(C(C)(C)C)c1O. The molecule has 0 aliphatic heterocycles. The van der Waals surface area contributed by atoms with Gasteiger partial charge in [0.25, 0.3) is 5.91 Å². The van der Waals surface area contributed by atoms with E-state index in [1.807, 2.05) is 47.6 Å². The summed E-state index contributed by atoms with van der Waals surface area (Å²) in [6.07, 6.45) is 0. The Morgan fingerprint density at radius 1 is 0.920 bits per heavy atom. The van der Waals surface area contributed by atoms with Gasteiger partial charge in [-0.3, -0.25) is 4.79 Å². The Hall–Kier alpha value is -2.33. The van der Waals surface area contributed by atoms with Crippen molar-refractivity contribution in [1.29, 1.82) is 0 Å². The average Bonchev–Trinajstić information content (AvgIpc) is 2.52. The fraction of sp³-hybridized carbons (Fsp3) is 0.381. The summed E-state index contributed by atoms with van der Waals surface area (Å²) in [6, 6.07) is 12.5. The van der Waals surface area contributed by atoms with Crippen molar-refractivity contribution < 1.29 is 9.90 Å². The highest BCUT2D eigenvalue weighted by Gasteiger charge is 2.28. The predicted octanol–water partition coefficient (Wildman–Crippen LogP) is 4.51. The third-order valence-corrected chi connectivity index (χ3v) is 4.23. The molecule has 4 nitrogen and oxygen atoms in total. The van der Waals surface area contributed by atoms with E-state index in [1.165, 1.54) is 0 Å². The lowest BCUT2D eigenvalue weighted by Crippen LogP contribution is -2.38. The van der Waals surface area contributed by atoms with Crippen molar-refractivity contribution in [2.45, 2.75) is 52.4 Å². The zero-order valence-electron chi connectivity index (χ0n) is 15.9. The van der Waals surface area contributed by atoms with Gasteiger partial charge in [0, 0.05) is 16.7 Å². The molecule has 0 unspecified atom stereocenters. The van der Waals surface area contributed by atoms with Crippen LogP contribution in [0.15, 0.2) is 42.5 Å². The highest BCUT2D eigenvalue weighted by atomic mass is 16.3. The monoisotopic (exact) mass is 340 g/mol. The molecule has 3 N–H and O–H groups in total. The fourth-order valence-corrected chi connectivity index (χ4v) is 2.74. The number of phenolic OH excluding ortho intramolecular Hbond substituents is 1. The third kappa shape index (κ3) is 4.02. The number of hydrazine groups is 1. The van der Waals surface area contributed by atoms with E-state index in [1.54, 1.807) is 36.4 Å². The van der Waals surface area contributed by atoms with Crippen molar-refractivity contribution in [3.05, 3.63) is 59.2 Å². The van der Waals surface area contributed by atoms with Gasteiger partial charge >= 0.3 is 0 Å². The van der Waals surface area contributed by atoms with Gasteiger partial charge in [-0.15, -0.1) is 0 Å². The lowest BCUT2D eigenvalue weighted by Gasteiger charge is -2.29. The molecule has 0 heterocycles. The number of anilines is 1. The Bertz CT molecular complexity index is 734.